The standard InChI is InChI=1S/C19H24O2/c1-6-7-8-9-14-21-17-12-10-16(11-13-17)18(20-5)15-19(2,3)4/h6-15H,1H2,2-5H3/b8-7-,14-9+,18-15+. The van der Waals surface area contributed by atoms with E-state index in [2.05, 4.69) is 33.4 Å². The van der Waals surface area contributed by atoms with Gasteiger partial charge in [0.2, 0.25) is 0 Å². The van der Waals surface area contributed by atoms with Gasteiger partial charge >= 0.3 is 0 Å². The second-order valence-electron chi connectivity index (χ2n) is 5.67. The van der Waals surface area contributed by atoms with Gasteiger partial charge in [-0.05, 0) is 41.8 Å². The third-order valence-electron chi connectivity index (χ3n) is 2.56. The Hall–Kier alpha value is -2.22. The van der Waals surface area contributed by atoms with E-state index in [9.17, 15) is 0 Å². The van der Waals surface area contributed by atoms with Gasteiger partial charge in [0, 0.05) is 5.56 Å². The first kappa shape index (κ1) is 16.8. The molecule has 0 fully saturated rings. The van der Waals surface area contributed by atoms with Crippen LogP contribution in [-0.2, 0) is 4.74 Å². The van der Waals surface area contributed by atoms with Crippen LogP contribution in [0.15, 0.2) is 67.5 Å². The van der Waals surface area contributed by atoms with Crippen molar-refractivity contribution in [3.8, 4) is 5.75 Å². The second-order valence-corrected chi connectivity index (χ2v) is 5.67. The molecule has 0 heterocycles. The average molecular weight is 284 g/mol. The fourth-order valence-corrected chi connectivity index (χ4v) is 1.66. The number of hydrogen-bond acceptors (Lipinski definition) is 2. The van der Waals surface area contributed by atoms with E-state index in [1.165, 1.54) is 0 Å². The number of hydrogen-bond donors (Lipinski definition) is 0. The largest absolute Gasteiger partial charge is 0.496 e. The molecule has 0 aliphatic rings. The maximum absolute atomic E-state index is 5.50. The second kappa shape index (κ2) is 8.15. The van der Waals surface area contributed by atoms with E-state index in [4.69, 9.17) is 9.47 Å². The molecule has 0 saturated heterocycles. The molecule has 1 aromatic rings. The van der Waals surface area contributed by atoms with E-state index >= 15 is 0 Å². The average Bonchev–Trinajstić information content (AvgIpc) is 2.44. The van der Waals surface area contributed by atoms with E-state index in [-0.39, 0.29) is 5.41 Å². The molecule has 0 amide bonds. The third-order valence-corrected chi connectivity index (χ3v) is 2.56. The monoisotopic (exact) mass is 284 g/mol. The van der Waals surface area contributed by atoms with Crippen LogP contribution in [0.3, 0.4) is 0 Å². The summed E-state index contributed by atoms with van der Waals surface area (Å²) in [6.07, 6.45) is 11.0. The smallest absolute Gasteiger partial charge is 0.126 e. The summed E-state index contributed by atoms with van der Waals surface area (Å²) < 4.78 is 11.0. The van der Waals surface area contributed by atoms with Gasteiger partial charge in [-0.3, -0.25) is 0 Å². The SMILES string of the molecule is C=C/C=C\C=C\Oc1ccc(/C(=C\C(C)(C)C)OC)cc1. The van der Waals surface area contributed by atoms with Crippen molar-refractivity contribution >= 4 is 5.76 Å². The molecule has 0 aliphatic heterocycles. The molecule has 2 heteroatoms. The fourth-order valence-electron chi connectivity index (χ4n) is 1.66. The minimum atomic E-state index is 0.0702. The Balaban J connectivity index is 2.77. The van der Waals surface area contributed by atoms with Crippen molar-refractivity contribution in [2.24, 2.45) is 5.41 Å². The predicted octanol–water partition coefficient (Wildman–Crippen LogP) is 5.35. The minimum absolute atomic E-state index is 0.0702. The Morgan fingerprint density at radius 3 is 2.24 bits per heavy atom. The zero-order valence-corrected chi connectivity index (χ0v) is 13.3. The van der Waals surface area contributed by atoms with Crippen molar-refractivity contribution in [2.75, 3.05) is 7.11 Å². The lowest BCUT2D eigenvalue weighted by molar-refractivity contribution is 0.361. The Morgan fingerprint density at radius 2 is 1.71 bits per heavy atom. The lowest BCUT2D eigenvalue weighted by Crippen LogP contribution is -2.02. The maximum atomic E-state index is 5.50. The molecule has 112 valence electrons. The van der Waals surface area contributed by atoms with Gasteiger partial charge in [0.25, 0.3) is 0 Å². The Labute approximate surface area is 128 Å². The van der Waals surface area contributed by atoms with E-state index in [1.807, 2.05) is 42.5 Å². The summed E-state index contributed by atoms with van der Waals surface area (Å²) in [5, 5.41) is 0. The molecule has 1 rings (SSSR count). The van der Waals surface area contributed by atoms with Gasteiger partial charge in [0.1, 0.15) is 11.5 Å². The van der Waals surface area contributed by atoms with Crippen LogP contribution in [0.2, 0.25) is 0 Å². The number of rotatable bonds is 6. The zero-order chi connectivity index (χ0) is 15.7. The van der Waals surface area contributed by atoms with Gasteiger partial charge < -0.3 is 9.47 Å². The van der Waals surface area contributed by atoms with E-state index in [0.29, 0.717) is 0 Å². The summed E-state index contributed by atoms with van der Waals surface area (Å²) in [5.41, 5.74) is 1.11. The molecule has 0 radical (unpaired) electrons. The van der Waals surface area contributed by atoms with E-state index in [1.54, 1.807) is 19.4 Å². The van der Waals surface area contributed by atoms with Crippen LogP contribution in [0.1, 0.15) is 26.3 Å². The molecular weight excluding hydrogens is 260 g/mol. The van der Waals surface area contributed by atoms with Crippen molar-refractivity contribution in [1.82, 2.24) is 0 Å². The quantitative estimate of drug-likeness (QED) is 0.517. The molecule has 0 bridgehead atoms. The lowest BCUT2D eigenvalue weighted by atomic mass is 9.94. The van der Waals surface area contributed by atoms with Crippen molar-refractivity contribution < 1.29 is 9.47 Å². The summed E-state index contributed by atoms with van der Waals surface area (Å²) in [7, 11) is 1.69. The summed E-state index contributed by atoms with van der Waals surface area (Å²) in [5.74, 6) is 1.66. The number of ether oxygens (including phenoxy) is 2. The Kier molecular flexibility index (Phi) is 6.54. The minimum Gasteiger partial charge on any atom is -0.496 e. The first-order chi connectivity index (χ1) is 9.96. The molecule has 2 nitrogen and oxygen atoms in total. The van der Waals surface area contributed by atoms with Crippen LogP contribution in [-0.4, -0.2) is 7.11 Å². The predicted molar refractivity (Wildman–Crippen MR) is 90.0 cm³/mol. The number of allylic oxidation sites excluding steroid dienone is 5. The molecular formula is C19H24O2. The first-order valence-electron chi connectivity index (χ1n) is 6.94. The summed E-state index contributed by atoms with van der Waals surface area (Å²) in [6.45, 7) is 10.0. The van der Waals surface area contributed by atoms with Crippen molar-refractivity contribution in [3.05, 3.63) is 73.1 Å². The summed E-state index contributed by atoms with van der Waals surface area (Å²) in [4.78, 5) is 0. The van der Waals surface area contributed by atoms with Gasteiger partial charge in [-0.15, -0.1) is 0 Å². The lowest BCUT2D eigenvalue weighted by Gasteiger charge is -2.16. The van der Waals surface area contributed by atoms with Crippen LogP contribution < -0.4 is 4.74 Å². The molecule has 0 spiro atoms. The van der Waals surface area contributed by atoms with Crippen LogP contribution in [0.4, 0.5) is 0 Å². The highest BCUT2D eigenvalue weighted by molar-refractivity contribution is 5.61. The van der Waals surface area contributed by atoms with Crippen LogP contribution in [0.25, 0.3) is 5.76 Å². The van der Waals surface area contributed by atoms with Gasteiger partial charge in [0.05, 0.1) is 13.4 Å². The third kappa shape index (κ3) is 6.66. The van der Waals surface area contributed by atoms with Gasteiger partial charge in [-0.1, -0.05) is 45.6 Å². The molecule has 0 atom stereocenters. The Morgan fingerprint density at radius 1 is 1.05 bits per heavy atom. The van der Waals surface area contributed by atoms with Crippen molar-refractivity contribution in [2.45, 2.75) is 20.8 Å². The van der Waals surface area contributed by atoms with Crippen molar-refractivity contribution in [3.63, 3.8) is 0 Å². The van der Waals surface area contributed by atoms with E-state index in [0.717, 1.165) is 17.1 Å². The van der Waals surface area contributed by atoms with Crippen LogP contribution in [0.5, 0.6) is 5.75 Å². The van der Waals surface area contributed by atoms with Crippen molar-refractivity contribution in [1.29, 1.82) is 0 Å². The van der Waals surface area contributed by atoms with E-state index < -0.39 is 0 Å². The molecule has 0 aliphatic carbocycles. The normalized spacial score (nSPS) is 12.9. The zero-order valence-electron chi connectivity index (χ0n) is 13.3. The highest BCUT2D eigenvalue weighted by Gasteiger charge is 2.10. The molecule has 0 unspecified atom stereocenters. The topological polar surface area (TPSA) is 18.5 Å². The molecule has 21 heavy (non-hydrogen) atoms. The fraction of sp³-hybridized carbons (Fsp3) is 0.263. The van der Waals surface area contributed by atoms with Gasteiger partial charge in [0.15, 0.2) is 0 Å². The maximum Gasteiger partial charge on any atom is 0.126 e. The molecule has 0 saturated carbocycles. The summed E-state index contributed by atoms with van der Waals surface area (Å²) >= 11 is 0. The molecule has 0 N–H and O–H groups in total. The number of methoxy groups -OCH3 is 1. The van der Waals surface area contributed by atoms with Crippen LogP contribution >= 0.6 is 0 Å². The number of benzene rings is 1. The highest BCUT2D eigenvalue weighted by atomic mass is 16.5. The molecule has 0 aromatic heterocycles. The van der Waals surface area contributed by atoms with Gasteiger partial charge in [-0.2, -0.15) is 0 Å². The highest BCUT2D eigenvalue weighted by Crippen LogP contribution is 2.25. The summed E-state index contributed by atoms with van der Waals surface area (Å²) in [6, 6.07) is 7.83. The Bertz CT molecular complexity index is 526. The van der Waals surface area contributed by atoms with Gasteiger partial charge in [-0.25, -0.2) is 0 Å². The first-order valence-corrected chi connectivity index (χ1v) is 6.94. The van der Waals surface area contributed by atoms with Crippen LogP contribution in [0, 0.1) is 5.41 Å². The molecule has 1 aromatic carbocycles.